The Kier molecular flexibility index (Phi) is 9.15. The number of hydroxylamine groups is 4. The van der Waals surface area contributed by atoms with Crippen molar-refractivity contribution in [3.05, 3.63) is 144 Å². The van der Waals surface area contributed by atoms with Gasteiger partial charge in [-0.3, -0.25) is 9.68 Å². The number of aliphatic hydroxyl groups is 2. The van der Waals surface area contributed by atoms with E-state index < -0.39 is 11.2 Å². The van der Waals surface area contributed by atoms with Crippen LogP contribution in [0.3, 0.4) is 0 Å². The van der Waals surface area contributed by atoms with Crippen molar-refractivity contribution in [1.82, 2.24) is 10.1 Å². The van der Waals surface area contributed by atoms with E-state index in [0.717, 1.165) is 22.3 Å². The molecule has 6 rings (SSSR count). The van der Waals surface area contributed by atoms with E-state index in [9.17, 15) is 10.2 Å². The van der Waals surface area contributed by atoms with E-state index >= 15 is 0 Å². The molecule has 0 saturated carbocycles. The van der Waals surface area contributed by atoms with Crippen LogP contribution < -0.4 is 0 Å². The molecule has 2 N–H and O–H groups in total. The highest BCUT2D eigenvalue weighted by Crippen LogP contribution is 2.55. The maximum Gasteiger partial charge on any atom is 0.160 e. The first-order valence-electron chi connectivity index (χ1n) is 15.4. The van der Waals surface area contributed by atoms with Gasteiger partial charge < -0.3 is 10.2 Å². The Morgan fingerprint density at radius 3 is 1.02 bits per heavy atom. The lowest BCUT2D eigenvalue weighted by Gasteiger charge is -2.60. The summed E-state index contributed by atoms with van der Waals surface area (Å²) in [5, 5.41) is 24.3. The molecule has 2 saturated heterocycles. The summed E-state index contributed by atoms with van der Waals surface area (Å²) in [6.07, 6.45) is 0. The van der Waals surface area contributed by atoms with E-state index in [1.165, 1.54) is 0 Å². The molecule has 0 aliphatic carbocycles. The smallest absolute Gasteiger partial charge is 0.160 e. The van der Waals surface area contributed by atoms with Gasteiger partial charge >= 0.3 is 0 Å². The molecule has 4 aromatic carbocycles. The maximum absolute atomic E-state index is 10.2. The van der Waals surface area contributed by atoms with Gasteiger partial charge in [-0.05, 0) is 63.8 Å². The molecule has 0 spiro atoms. The molecule has 2 fully saturated rings. The molecule has 232 valence electrons. The van der Waals surface area contributed by atoms with E-state index in [1.54, 1.807) is 0 Å². The van der Waals surface area contributed by atoms with Crippen LogP contribution in [-0.2, 0) is 20.9 Å². The first-order chi connectivity index (χ1) is 21.0. The summed E-state index contributed by atoms with van der Waals surface area (Å²) in [4.78, 5) is 12.4. The van der Waals surface area contributed by atoms with Gasteiger partial charge in [0.05, 0.1) is 25.3 Å². The first kappa shape index (κ1) is 32.0. The van der Waals surface area contributed by atoms with Gasteiger partial charge in [0.25, 0.3) is 0 Å². The van der Waals surface area contributed by atoms with Crippen LogP contribution in [0, 0.1) is 0 Å². The van der Waals surface area contributed by atoms with Crippen molar-refractivity contribution in [2.45, 2.75) is 75.9 Å². The van der Waals surface area contributed by atoms with Gasteiger partial charge in [0.15, 0.2) is 11.2 Å². The molecule has 0 amide bonds. The van der Waals surface area contributed by atoms with Crippen LogP contribution in [0.5, 0.6) is 0 Å². The standard InChI is InChI=1S/2C19H23NO2/c2*1-18(2,3)20-17(15-10-6-4-7-11-15)19(14-21,22-20)16-12-8-5-9-13-16/h2*4-13,17,21H,14H2,1-3H3/t2*17-,19+/m00/s1. The van der Waals surface area contributed by atoms with Crippen LogP contribution >= 0.6 is 0 Å². The zero-order valence-electron chi connectivity index (χ0n) is 26.7. The summed E-state index contributed by atoms with van der Waals surface area (Å²) in [5.41, 5.74) is 2.61. The second-order valence-corrected chi connectivity index (χ2v) is 13.6. The predicted octanol–water partition coefficient (Wildman–Crippen LogP) is 7.32. The third-order valence-electron chi connectivity index (χ3n) is 8.42. The van der Waals surface area contributed by atoms with Crippen molar-refractivity contribution in [2.24, 2.45) is 0 Å². The Balaban J connectivity index is 0.000000175. The molecule has 0 bridgehead atoms. The highest BCUT2D eigenvalue weighted by atomic mass is 16.7. The van der Waals surface area contributed by atoms with Gasteiger partial charge in [0.1, 0.15) is 0 Å². The van der Waals surface area contributed by atoms with E-state index in [-0.39, 0.29) is 36.4 Å². The van der Waals surface area contributed by atoms with Crippen molar-refractivity contribution in [3.8, 4) is 0 Å². The molecule has 4 atom stereocenters. The van der Waals surface area contributed by atoms with E-state index in [1.807, 2.05) is 107 Å². The minimum absolute atomic E-state index is 0.0129. The Morgan fingerprint density at radius 1 is 0.500 bits per heavy atom. The molecule has 0 unspecified atom stereocenters. The van der Waals surface area contributed by atoms with E-state index in [0.29, 0.717) is 0 Å². The predicted molar refractivity (Wildman–Crippen MR) is 174 cm³/mol. The van der Waals surface area contributed by atoms with Crippen molar-refractivity contribution in [2.75, 3.05) is 13.2 Å². The zero-order valence-corrected chi connectivity index (χ0v) is 26.7. The molecule has 2 aliphatic heterocycles. The highest BCUT2D eigenvalue weighted by Gasteiger charge is 2.60. The van der Waals surface area contributed by atoms with Gasteiger partial charge in [-0.15, -0.1) is 0 Å². The molecule has 6 nitrogen and oxygen atoms in total. The SMILES string of the molecule is CC(C)(C)N1O[C@](CO)(c2ccccc2)[C@@H]1c1ccccc1.CC(C)(C)N1O[C@](CO)(c2ccccc2)[C@@H]1c1ccccc1. The molecular formula is C38H46N2O4. The summed E-state index contributed by atoms with van der Waals surface area (Å²) in [6, 6.07) is 40.5. The molecular weight excluding hydrogens is 548 g/mol. The Labute approximate surface area is 262 Å². The van der Waals surface area contributed by atoms with Gasteiger partial charge in [0, 0.05) is 11.1 Å². The fourth-order valence-electron chi connectivity index (χ4n) is 6.24. The van der Waals surface area contributed by atoms with Crippen LogP contribution in [0.15, 0.2) is 121 Å². The second-order valence-electron chi connectivity index (χ2n) is 13.6. The summed E-state index contributed by atoms with van der Waals surface area (Å²) < 4.78 is 0. The molecule has 44 heavy (non-hydrogen) atoms. The number of nitrogens with zero attached hydrogens (tertiary/aromatic N) is 2. The number of aliphatic hydroxyl groups excluding tert-OH is 2. The van der Waals surface area contributed by atoms with Crippen LogP contribution in [0.1, 0.15) is 75.9 Å². The largest absolute Gasteiger partial charge is 0.393 e. The summed E-state index contributed by atoms with van der Waals surface area (Å²) in [6.45, 7) is 12.6. The summed E-state index contributed by atoms with van der Waals surface area (Å²) in [5.74, 6) is 0. The van der Waals surface area contributed by atoms with Gasteiger partial charge in [-0.2, -0.15) is 10.1 Å². The van der Waals surface area contributed by atoms with Crippen molar-refractivity contribution < 1.29 is 19.9 Å². The van der Waals surface area contributed by atoms with Crippen molar-refractivity contribution in [3.63, 3.8) is 0 Å². The average molecular weight is 595 g/mol. The lowest BCUT2D eigenvalue weighted by molar-refractivity contribution is -0.440. The Hall–Kier alpha value is -3.36. The molecule has 0 radical (unpaired) electrons. The molecule has 0 aromatic heterocycles. The quantitative estimate of drug-likeness (QED) is 0.244. The lowest BCUT2D eigenvalue weighted by Crippen LogP contribution is -2.66. The fourth-order valence-corrected chi connectivity index (χ4v) is 6.24. The van der Waals surface area contributed by atoms with Crippen LogP contribution in [-0.4, -0.2) is 44.6 Å². The number of benzene rings is 4. The van der Waals surface area contributed by atoms with Crippen LogP contribution in [0.25, 0.3) is 0 Å². The maximum atomic E-state index is 10.2. The number of hydrogen-bond donors (Lipinski definition) is 2. The van der Waals surface area contributed by atoms with Crippen molar-refractivity contribution in [1.29, 1.82) is 0 Å². The zero-order chi connectivity index (χ0) is 31.6. The van der Waals surface area contributed by atoms with Crippen LogP contribution in [0.2, 0.25) is 0 Å². The fraction of sp³-hybridized carbons (Fsp3) is 0.368. The number of rotatable bonds is 6. The van der Waals surface area contributed by atoms with Gasteiger partial charge in [0.2, 0.25) is 0 Å². The van der Waals surface area contributed by atoms with E-state index in [4.69, 9.17) is 9.68 Å². The first-order valence-corrected chi connectivity index (χ1v) is 15.4. The van der Waals surface area contributed by atoms with E-state index in [2.05, 4.69) is 65.8 Å². The third kappa shape index (κ3) is 5.86. The topological polar surface area (TPSA) is 65.4 Å². The average Bonchev–Trinajstić information content (AvgIpc) is 2.98. The van der Waals surface area contributed by atoms with Crippen molar-refractivity contribution >= 4 is 0 Å². The minimum Gasteiger partial charge on any atom is -0.393 e. The highest BCUT2D eigenvalue weighted by molar-refractivity contribution is 5.35. The monoisotopic (exact) mass is 594 g/mol. The lowest BCUT2D eigenvalue weighted by atomic mass is 9.78. The van der Waals surface area contributed by atoms with Gasteiger partial charge in [-0.1, -0.05) is 121 Å². The molecule has 6 heteroatoms. The summed E-state index contributed by atoms with van der Waals surface area (Å²) >= 11 is 0. The minimum atomic E-state index is -0.712. The Bertz CT molecular complexity index is 1360. The molecule has 4 aromatic rings. The Morgan fingerprint density at radius 2 is 0.773 bits per heavy atom. The number of hydrogen-bond acceptors (Lipinski definition) is 6. The normalized spacial score (nSPS) is 25.7. The third-order valence-corrected chi connectivity index (χ3v) is 8.42. The molecule has 2 aliphatic rings. The van der Waals surface area contributed by atoms with Gasteiger partial charge in [-0.25, -0.2) is 0 Å². The van der Waals surface area contributed by atoms with Crippen LogP contribution in [0.4, 0.5) is 0 Å². The summed E-state index contributed by atoms with van der Waals surface area (Å²) in [7, 11) is 0. The molecule has 2 heterocycles. The second kappa shape index (κ2) is 12.6.